The number of amides is 1. The fourth-order valence-corrected chi connectivity index (χ4v) is 7.18. The van der Waals surface area contributed by atoms with Gasteiger partial charge in [0.1, 0.15) is 18.8 Å². The maximum Gasteiger partial charge on any atom is 0.229 e. The van der Waals surface area contributed by atoms with E-state index in [0.29, 0.717) is 19.0 Å². The first-order valence-electron chi connectivity index (χ1n) is 15.2. The van der Waals surface area contributed by atoms with E-state index < -0.39 is 0 Å². The quantitative estimate of drug-likeness (QED) is 0.312. The molecule has 0 saturated carbocycles. The van der Waals surface area contributed by atoms with Crippen molar-refractivity contribution in [2.24, 2.45) is 11.8 Å². The molecule has 1 amide bonds. The van der Waals surface area contributed by atoms with Gasteiger partial charge in [0.05, 0.1) is 25.2 Å². The molecule has 222 valence electrons. The van der Waals surface area contributed by atoms with Crippen LogP contribution in [0.5, 0.6) is 5.75 Å². The lowest BCUT2D eigenvalue weighted by molar-refractivity contribution is -0.145. The highest BCUT2D eigenvalue weighted by atomic mass is 16.5. The fraction of sp³-hybridized carbons (Fsp3) is 0.417. The molecule has 3 aliphatic rings. The van der Waals surface area contributed by atoms with Gasteiger partial charge in [-0.1, -0.05) is 86.6 Å². The summed E-state index contributed by atoms with van der Waals surface area (Å²) in [6, 6.07) is 32.0. The molecule has 0 aliphatic carbocycles. The van der Waals surface area contributed by atoms with Crippen molar-refractivity contribution in [2.75, 3.05) is 33.3 Å². The largest absolute Gasteiger partial charge is 0.496 e. The Balaban J connectivity index is 1.56. The van der Waals surface area contributed by atoms with Gasteiger partial charge in [-0.2, -0.15) is 10.5 Å². The summed E-state index contributed by atoms with van der Waals surface area (Å²) in [4.78, 5) is 17.8. The number of piperidine rings is 3. The van der Waals surface area contributed by atoms with Crippen molar-refractivity contribution in [3.63, 3.8) is 0 Å². The summed E-state index contributed by atoms with van der Waals surface area (Å²) in [5, 5.41) is 22.7. The van der Waals surface area contributed by atoms with E-state index in [1.165, 1.54) is 21.6 Å². The standard InChI is InChI=1S/C36H41N5O2/c1-25(2)28-14-15-32(43-3)29(22-28)23-39-34-30-16-19-41(24-31(30)36(42)40(20-17-37)21-18-38)35(34)33(26-10-6-4-7-11-26)27-12-8-5-9-13-27/h4-15,22,25,30-31,33-35,39H,16,19-21,23-24H2,1-3H3. The van der Waals surface area contributed by atoms with E-state index in [-0.39, 0.29) is 48.8 Å². The first-order chi connectivity index (χ1) is 21.0. The lowest BCUT2D eigenvalue weighted by Crippen LogP contribution is -2.69. The third-order valence-corrected chi connectivity index (χ3v) is 9.26. The van der Waals surface area contributed by atoms with Crippen LogP contribution in [0.2, 0.25) is 0 Å². The normalized spacial score (nSPS) is 22.6. The van der Waals surface area contributed by atoms with Crippen molar-refractivity contribution in [1.29, 1.82) is 10.5 Å². The van der Waals surface area contributed by atoms with Crippen LogP contribution in [0.1, 0.15) is 54.4 Å². The predicted molar refractivity (Wildman–Crippen MR) is 167 cm³/mol. The molecule has 3 aliphatic heterocycles. The van der Waals surface area contributed by atoms with Gasteiger partial charge in [-0.25, -0.2) is 0 Å². The van der Waals surface area contributed by atoms with E-state index in [9.17, 15) is 15.3 Å². The number of rotatable bonds is 11. The van der Waals surface area contributed by atoms with Crippen molar-refractivity contribution in [2.45, 2.75) is 50.7 Å². The van der Waals surface area contributed by atoms with Crippen LogP contribution in [0.4, 0.5) is 0 Å². The molecule has 3 fully saturated rings. The van der Waals surface area contributed by atoms with E-state index in [1.807, 2.05) is 6.07 Å². The monoisotopic (exact) mass is 575 g/mol. The number of carbonyl (C=O) groups is 1. The minimum atomic E-state index is -0.291. The Labute approximate surface area is 255 Å². The van der Waals surface area contributed by atoms with Crippen molar-refractivity contribution in [1.82, 2.24) is 15.1 Å². The average Bonchev–Trinajstić information content (AvgIpc) is 3.05. The molecule has 5 unspecified atom stereocenters. The van der Waals surface area contributed by atoms with Crippen LogP contribution in [-0.2, 0) is 11.3 Å². The number of methoxy groups -OCH3 is 1. The number of carbonyl (C=O) groups excluding carboxylic acids is 1. The molecule has 1 N–H and O–H groups in total. The van der Waals surface area contributed by atoms with E-state index in [1.54, 1.807) is 7.11 Å². The van der Waals surface area contributed by atoms with Gasteiger partial charge in [0, 0.05) is 36.7 Å². The smallest absolute Gasteiger partial charge is 0.229 e. The number of nitriles is 2. The Morgan fingerprint density at radius 2 is 1.60 bits per heavy atom. The second-order valence-electron chi connectivity index (χ2n) is 12.0. The van der Waals surface area contributed by atoms with Gasteiger partial charge in [-0.3, -0.25) is 9.69 Å². The fourth-order valence-electron chi connectivity index (χ4n) is 7.18. The van der Waals surface area contributed by atoms with Gasteiger partial charge in [0.2, 0.25) is 5.91 Å². The van der Waals surface area contributed by atoms with E-state index in [4.69, 9.17) is 4.74 Å². The summed E-state index contributed by atoms with van der Waals surface area (Å²) in [5.41, 5.74) is 4.84. The molecule has 7 nitrogen and oxygen atoms in total. The zero-order chi connectivity index (χ0) is 30.3. The number of nitrogens with one attached hydrogen (secondary N) is 1. The third-order valence-electron chi connectivity index (χ3n) is 9.26. The van der Waals surface area contributed by atoms with E-state index in [2.05, 4.69) is 109 Å². The molecule has 6 rings (SSSR count). The summed E-state index contributed by atoms with van der Waals surface area (Å²) in [6.45, 7) is 6.35. The highest BCUT2D eigenvalue weighted by Gasteiger charge is 2.53. The first-order valence-corrected chi connectivity index (χ1v) is 15.2. The van der Waals surface area contributed by atoms with Crippen LogP contribution in [0.15, 0.2) is 78.9 Å². The van der Waals surface area contributed by atoms with Gasteiger partial charge in [-0.15, -0.1) is 0 Å². The van der Waals surface area contributed by atoms with Crippen LogP contribution < -0.4 is 10.1 Å². The molecule has 3 saturated heterocycles. The molecule has 5 atom stereocenters. The Morgan fingerprint density at radius 1 is 0.977 bits per heavy atom. The topological polar surface area (TPSA) is 92.4 Å². The summed E-state index contributed by atoms with van der Waals surface area (Å²) in [5.74, 6) is 0.995. The molecule has 3 heterocycles. The molecule has 3 aromatic rings. The average molecular weight is 576 g/mol. The van der Waals surface area contributed by atoms with Crippen molar-refractivity contribution >= 4 is 5.91 Å². The molecule has 0 radical (unpaired) electrons. The lowest BCUT2D eigenvalue weighted by Gasteiger charge is -2.57. The Hall–Kier alpha value is -4.17. The first kappa shape index (κ1) is 30.3. The maximum absolute atomic E-state index is 13.9. The Kier molecular flexibility index (Phi) is 9.77. The highest BCUT2D eigenvalue weighted by Crippen LogP contribution is 2.45. The summed E-state index contributed by atoms with van der Waals surface area (Å²) in [7, 11) is 1.71. The van der Waals surface area contributed by atoms with E-state index in [0.717, 1.165) is 24.3 Å². The van der Waals surface area contributed by atoms with Crippen LogP contribution in [-0.4, -0.2) is 61.1 Å². The molecule has 43 heavy (non-hydrogen) atoms. The van der Waals surface area contributed by atoms with Crippen LogP contribution >= 0.6 is 0 Å². The van der Waals surface area contributed by atoms with E-state index >= 15 is 0 Å². The summed E-state index contributed by atoms with van der Waals surface area (Å²) in [6.07, 6.45) is 0.872. The number of nitrogens with zero attached hydrogens (tertiary/aromatic N) is 4. The molecular weight excluding hydrogens is 534 g/mol. The minimum Gasteiger partial charge on any atom is -0.496 e. The molecule has 7 heteroatoms. The molecular formula is C36H41N5O2. The summed E-state index contributed by atoms with van der Waals surface area (Å²) >= 11 is 0. The van der Waals surface area contributed by atoms with Gasteiger partial charge < -0.3 is 15.0 Å². The third kappa shape index (κ3) is 6.44. The number of hydrogen-bond donors (Lipinski definition) is 1. The van der Waals surface area contributed by atoms with Gasteiger partial charge in [0.25, 0.3) is 0 Å². The molecule has 0 spiro atoms. The molecule has 3 aromatic carbocycles. The zero-order valence-corrected chi connectivity index (χ0v) is 25.3. The van der Waals surface area contributed by atoms with Crippen LogP contribution in [0.25, 0.3) is 0 Å². The number of ether oxygens (including phenoxy) is 1. The maximum atomic E-state index is 13.9. The van der Waals surface area contributed by atoms with Crippen molar-refractivity contribution in [3.8, 4) is 17.9 Å². The zero-order valence-electron chi connectivity index (χ0n) is 25.3. The number of hydrogen-bond acceptors (Lipinski definition) is 6. The highest BCUT2D eigenvalue weighted by molar-refractivity contribution is 5.80. The Bertz CT molecular complexity index is 1410. The SMILES string of the molecule is COc1ccc(C(C)C)cc1CNC1C2CCN(CC2C(=O)N(CC#N)CC#N)C1C(c1ccccc1)c1ccccc1. The van der Waals surface area contributed by atoms with Crippen LogP contribution in [0, 0.1) is 34.5 Å². The molecule has 2 bridgehead atoms. The van der Waals surface area contributed by atoms with Crippen molar-refractivity contribution in [3.05, 3.63) is 101 Å². The second kappa shape index (κ2) is 13.9. The number of benzene rings is 3. The van der Waals surface area contributed by atoms with Gasteiger partial charge in [-0.05, 0) is 47.6 Å². The summed E-state index contributed by atoms with van der Waals surface area (Å²) < 4.78 is 5.77. The minimum absolute atomic E-state index is 0.0136. The lowest BCUT2D eigenvalue weighted by atomic mass is 9.66. The second-order valence-corrected chi connectivity index (χ2v) is 12.0. The molecule has 0 aromatic heterocycles. The van der Waals surface area contributed by atoms with Crippen molar-refractivity contribution < 1.29 is 9.53 Å². The predicted octanol–water partition coefficient (Wildman–Crippen LogP) is 5.30. The van der Waals surface area contributed by atoms with Gasteiger partial charge in [0.15, 0.2) is 0 Å². The van der Waals surface area contributed by atoms with Crippen LogP contribution in [0.3, 0.4) is 0 Å². The number of fused-ring (bicyclic) bond motifs is 3. The Morgan fingerprint density at radius 3 is 2.16 bits per heavy atom. The van der Waals surface area contributed by atoms with Gasteiger partial charge >= 0.3 is 0 Å².